The number of hydrogen-bond acceptors (Lipinski definition) is 8. The lowest BCUT2D eigenvalue weighted by Crippen LogP contribution is -2.46. The Morgan fingerprint density at radius 3 is 2.67 bits per heavy atom. The number of nitrogens with zero attached hydrogens (tertiary/aromatic N) is 3. The molecule has 1 fully saturated rings. The molecule has 0 spiro atoms. The quantitative estimate of drug-likeness (QED) is 0.264. The van der Waals surface area contributed by atoms with Gasteiger partial charge in [0.1, 0.15) is 57.4 Å². The number of benzene rings is 2. The van der Waals surface area contributed by atoms with Crippen LogP contribution in [0, 0.1) is 12.7 Å². The van der Waals surface area contributed by atoms with Crippen LogP contribution < -0.4 is 20.2 Å². The van der Waals surface area contributed by atoms with E-state index in [1.807, 2.05) is 29.7 Å². The molecule has 2 aromatic carbocycles. The molecule has 6 rings (SSSR count). The molecular formula is C28H27FN5O4S+. The van der Waals surface area contributed by atoms with Crippen LogP contribution in [-0.4, -0.2) is 36.8 Å². The van der Waals surface area contributed by atoms with E-state index >= 15 is 0 Å². The van der Waals surface area contributed by atoms with Gasteiger partial charge in [0, 0.05) is 49.0 Å². The van der Waals surface area contributed by atoms with E-state index in [2.05, 4.69) is 9.97 Å². The lowest BCUT2D eigenvalue weighted by atomic mass is 9.71. The number of nitrogen functional groups attached to an aromatic ring is 1. The number of imidazole rings is 1. The zero-order chi connectivity index (χ0) is 27.1. The summed E-state index contributed by atoms with van der Waals surface area (Å²) in [6, 6.07) is 11.5. The second kappa shape index (κ2) is 9.92. The van der Waals surface area contributed by atoms with E-state index in [1.54, 1.807) is 41.9 Å². The molecule has 3 aromatic heterocycles. The van der Waals surface area contributed by atoms with Gasteiger partial charge in [-0.15, -0.1) is 0 Å². The molecule has 0 bridgehead atoms. The second-order valence-corrected chi connectivity index (χ2v) is 11.1. The van der Waals surface area contributed by atoms with Crippen LogP contribution in [-0.2, 0) is 6.61 Å². The van der Waals surface area contributed by atoms with Crippen molar-refractivity contribution in [3.05, 3.63) is 82.6 Å². The first-order chi connectivity index (χ1) is 18.8. The second-order valence-electron chi connectivity index (χ2n) is 9.79. The molecule has 0 radical (unpaired) electrons. The molecule has 200 valence electrons. The summed E-state index contributed by atoms with van der Waals surface area (Å²) in [6.45, 7) is 2.02. The van der Waals surface area contributed by atoms with Crippen molar-refractivity contribution in [2.75, 3.05) is 12.3 Å². The molecule has 5 N–H and O–H groups in total. The van der Waals surface area contributed by atoms with Gasteiger partial charge in [-0.3, -0.25) is 4.40 Å². The van der Waals surface area contributed by atoms with Gasteiger partial charge in [-0.1, -0.05) is 11.3 Å². The standard InChI is InChI=1S/C28H26FN5O4S/c1-16-32-13-23(39-16)14-37-21-8-19(29)9-22(10-21)38-20-4-2-17(3-5-20)24-25-26(30)31-6-7-34(25)27(33-24)18-11-28(36,12-18)15-35/h2-10,13,18,35-36H,11-12,14-15H2,1H3,(H2,30,31)/p+1. The first-order valence-electron chi connectivity index (χ1n) is 12.4. The molecule has 5 aromatic rings. The van der Waals surface area contributed by atoms with Gasteiger partial charge in [0.25, 0.3) is 0 Å². The highest BCUT2D eigenvalue weighted by Crippen LogP contribution is 2.45. The molecule has 9 nitrogen and oxygen atoms in total. The zero-order valence-corrected chi connectivity index (χ0v) is 21.9. The van der Waals surface area contributed by atoms with E-state index in [4.69, 9.17) is 20.2 Å². The lowest BCUT2D eigenvalue weighted by Gasteiger charge is -2.41. The number of aryl methyl sites for hydroxylation is 1. The SMILES string of the molecule is Cc1[nH+]cc(COc2cc(F)cc(Oc3ccc(-c4nc(C5CC(O)(CO)C5)n5ccnc(N)c45)cc3)c2)s1. The molecule has 3 heterocycles. The van der Waals surface area contributed by atoms with Crippen LogP contribution >= 0.6 is 11.3 Å². The number of aliphatic hydroxyl groups is 2. The third-order valence-electron chi connectivity index (χ3n) is 6.83. The third kappa shape index (κ3) is 5.03. The molecule has 39 heavy (non-hydrogen) atoms. The Morgan fingerprint density at radius 1 is 1.18 bits per heavy atom. The first kappa shape index (κ1) is 25.2. The van der Waals surface area contributed by atoms with Crippen LogP contribution in [0.25, 0.3) is 16.8 Å². The van der Waals surface area contributed by atoms with E-state index in [-0.39, 0.29) is 12.5 Å². The fourth-order valence-electron chi connectivity index (χ4n) is 4.91. The summed E-state index contributed by atoms with van der Waals surface area (Å²) in [5.74, 6) is 1.83. The fourth-order valence-corrected chi connectivity index (χ4v) is 5.65. The monoisotopic (exact) mass is 548 g/mol. The predicted molar refractivity (Wildman–Crippen MR) is 143 cm³/mol. The van der Waals surface area contributed by atoms with Crippen molar-refractivity contribution < 1.29 is 29.1 Å². The molecule has 0 atom stereocenters. The van der Waals surface area contributed by atoms with Crippen LogP contribution in [0.2, 0.25) is 0 Å². The summed E-state index contributed by atoms with van der Waals surface area (Å²) in [4.78, 5) is 13.2. The van der Waals surface area contributed by atoms with Crippen LogP contribution in [0.15, 0.2) is 61.1 Å². The number of ether oxygens (including phenoxy) is 2. The molecular weight excluding hydrogens is 521 g/mol. The number of nitrogens with one attached hydrogen (secondary N) is 1. The highest BCUT2D eigenvalue weighted by molar-refractivity contribution is 7.11. The Bertz CT molecular complexity index is 1650. The molecule has 11 heteroatoms. The van der Waals surface area contributed by atoms with Crippen LogP contribution in [0.1, 0.15) is 34.5 Å². The summed E-state index contributed by atoms with van der Waals surface area (Å²) in [6.07, 6.45) is 6.12. The number of nitrogens with two attached hydrogens (primary N) is 1. The topological polar surface area (TPSA) is 129 Å². The van der Waals surface area contributed by atoms with Gasteiger partial charge in [0.2, 0.25) is 5.01 Å². The van der Waals surface area contributed by atoms with Gasteiger partial charge >= 0.3 is 0 Å². The Balaban J connectivity index is 1.22. The van der Waals surface area contributed by atoms with Gasteiger partial charge in [-0.25, -0.2) is 19.3 Å². The summed E-state index contributed by atoms with van der Waals surface area (Å²) in [7, 11) is 0. The summed E-state index contributed by atoms with van der Waals surface area (Å²) < 4.78 is 27.9. The summed E-state index contributed by atoms with van der Waals surface area (Å²) in [5.41, 5.74) is 7.29. The zero-order valence-electron chi connectivity index (χ0n) is 21.1. The fraction of sp³-hybridized carbons (Fsp3) is 0.250. The number of anilines is 1. The highest BCUT2D eigenvalue weighted by atomic mass is 32.1. The number of aromatic nitrogens is 4. The maximum absolute atomic E-state index is 14.3. The van der Waals surface area contributed by atoms with Crippen molar-refractivity contribution in [2.24, 2.45) is 0 Å². The molecule has 1 aliphatic rings. The van der Waals surface area contributed by atoms with Gasteiger partial charge in [0.05, 0.1) is 12.2 Å². The van der Waals surface area contributed by atoms with E-state index in [0.29, 0.717) is 53.7 Å². The summed E-state index contributed by atoms with van der Waals surface area (Å²) in [5, 5.41) is 20.8. The van der Waals surface area contributed by atoms with Crippen molar-refractivity contribution in [3.63, 3.8) is 0 Å². The number of halogens is 1. The summed E-state index contributed by atoms with van der Waals surface area (Å²) >= 11 is 1.58. The molecule has 0 saturated heterocycles. The minimum atomic E-state index is -1.07. The molecule has 0 aliphatic heterocycles. The normalized spacial score (nSPS) is 18.7. The smallest absolute Gasteiger partial charge is 0.232 e. The average Bonchev–Trinajstić information content (AvgIpc) is 3.50. The van der Waals surface area contributed by atoms with E-state index < -0.39 is 11.4 Å². The maximum Gasteiger partial charge on any atom is 0.232 e. The highest BCUT2D eigenvalue weighted by Gasteiger charge is 2.45. The van der Waals surface area contributed by atoms with Gasteiger partial charge in [0.15, 0.2) is 6.20 Å². The van der Waals surface area contributed by atoms with Crippen LogP contribution in [0.5, 0.6) is 17.2 Å². The Hall–Kier alpha value is -4.06. The van der Waals surface area contributed by atoms with Crippen molar-refractivity contribution >= 4 is 22.7 Å². The van der Waals surface area contributed by atoms with Crippen molar-refractivity contribution in [1.82, 2.24) is 14.4 Å². The van der Waals surface area contributed by atoms with Crippen LogP contribution in [0.3, 0.4) is 0 Å². The van der Waals surface area contributed by atoms with E-state index in [9.17, 15) is 14.6 Å². The minimum Gasteiger partial charge on any atom is -0.488 e. The number of hydrogen-bond donors (Lipinski definition) is 3. The molecule has 0 unspecified atom stereocenters. The Labute approximate surface area is 227 Å². The maximum atomic E-state index is 14.3. The Kier molecular flexibility index (Phi) is 6.42. The van der Waals surface area contributed by atoms with Crippen LogP contribution in [0.4, 0.5) is 10.2 Å². The molecule has 1 saturated carbocycles. The molecule has 1 aliphatic carbocycles. The number of aliphatic hydroxyl groups excluding tert-OH is 1. The third-order valence-corrected chi connectivity index (χ3v) is 7.75. The van der Waals surface area contributed by atoms with Crippen molar-refractivity contribution in [3.8, 4) is 28.5 Å². The average molecular weight is 549 g/mol. The predicted octanol–water partition coefficient (Wildman–Crippen LogP) is 4.27. The van der Waals surface area contributed by atoms with E-state index in [1.165, 1.54) is 12.1 Å². The van der Waals surface area contributed by atoms with Crippen molar-refractivity contribution in [1.29, 1.82) is 0 Å². The number of thiazole rings is 1. The number of aromatic amines is 1. The first-order valence-corrected chi connectivity index (χ1v) is 13.3. The van der Waals surface area contributed by atoms with Gasteiger partial charge in [-0.2, -0.15) is 0 Å². The van der Waals surface area contributed by atoms with E-state index in [0.717, 1.165) is 21.3 Å². The lowest BCUT2D eigenvalue weighted by molar-refractivity contribution is -0.380. The number of fused-ring (bicyclic) bond motifs is 1. The Morgan fingerprint density at radius 2 is 1.95 bits per heavy atom. The largest absolute Gasteiger partial charge is 0.488 e. The molecule has 0 amide bonds. The van der Waals surface area contributed by atoms with Crippen molar-refractivity contribution in [2.45, 2.75) is 37.9 Å². The van der Waals surface area contributed by atoms with Gasteiger partial charge in [-0.05, 0) is 37.1 Å². The minimum absolute atomic E-state index is 0.0147. The number of rotatable bonds is 8. The van der Waals surface area contributed by atoms with Gasteiger partial charge < -0.3 is 25.4 Å². The number of H-pyrrole nitrogens is 1.